The molecule has 1 saturated carbocycles. The summed E-state index contributed by atoms with van der Waals surface area (Å²) < 4.78 is 102. The average Bonchev–Trinajstić information content (AvgIpc) is 3.08. The molecule has 1 saturated heterocycles. The van der Waals surface area contributed by atoms with Gasteiger partial charge in [0.25, 0.3) is 0 Å². The van der Waals surface area contributed by atoms with E-state index in [1.807, 2.05) is 0 Å². The monoisotopic (exact) mass is 549 g/mol. The molecular formula is C23H30F3N3O5S2. The number of nitrogens with two attached hydrogens (primary N) is 1. The van der Waals surface area contributed by atoms with Gasteiger partial charge in [0, 0.05) is 17.9 Å². The summed E-state index contributed by atoms with van der Waals surface area (Å²) in [6.45, 7) is 3.65. The molecular weight excluding hydrogens is 519 g/mol. The molecule has 3 N–H and O–H groups in total. The Morgan fingerprint density at radius 1 is 1.08 bits per heavy atom. The number of benzene rings is 1. The van der Waals surface area contributed by atoms with Crippen LogP contribution in [0.5, 0.6) is 0 Å². The maximum Gasteiger partial charge on any atom is 0.417 e. The first kappa shape index (κ1) is 27.1. The van der Waals surface area contributed by atoms with Crippen molar-refractivity contribution in [3.63, 3.8) is 0 Å². The van der Waals surface area contributed by atoms with Crippen LogP contribution >= 0.6 is 0 Å². The Kier molecular flexibility index (Phi) is 7.10. The van der Waals surface area contributed by atoms with Gasteiger partial charge in [-0.05, 0) is 56.4 Å². The predicted octanol–water partition coefficient (Wildman–Crippen LogP) is 3.78. The number of primary sulfonamides is 1. The van der Waals surface area contributed by atoms with Crippen molar-refractivity contribution in [3.05, 3.63) is 35.5 Å². The van der Waals surface area contributed by atoms with E-state index in [0.717, 1.165) is 44.2 Å². The molecule has 4 rings (SSSR count). The second kappa shape index (κ2) is 9.43. The average molecular weight is 550 g/mol. The molecule has 1 aromatic carbocycles. The molecule has 0 atom stereocenters. The van der Waals surface area contributed by atoms with Gasteiger partial charge >= 0.3 is 6.18 Å². The Bertz CT molecular complexity index is 1360. The summed E-state index contributed by atoms with van der Waals surface area (Å²) >= 11 is 0. The van der Waals surface area contributed by atoms with E-state index in [-0.39, 0.29) is 35.3 Å². The Morgan fingerprint density at radius 2 is 1.72 bits per heavy atom. The number of rotatable bonds is 7. The highest BCUT2D eigenvalue weighted by Gasteiger charge is 2.42. The van der Waals surface area contributed by atoms with Crippen LogP contribution in [0.2, 0.25) is 0 Å². The van der Waals surface area contributed by atoms with E-state index in [4.69, 9.17) is 9.88 Å². The van der Waals surface area contributed by atoms with Crippen molar-refractivity contribution in [3.8, 4) is 11.3 Å². The minimum absolute atomic E-state index is 0.0493. The van der Waals surface area contributed by atoms with Crippen molar-refractivity contribution in [2.45, 2.75) is 74.0 Å². The predicted molar refractivity (Wildman–Crippen MR) is 127 cm³/mol. The van der Waals surface area contributed by atoms with E-state index in [1.165, 1.54) is 12.1 Å². The number of nitrogens with one attached hydrogen (secondary N) is 1. The van der Waals surface area contributed by atoms with Gasteiger partial charge in [-0.15, -0.1) is 0 Å². The molecule has 0 unspecified atom stereocenters. The van der Waals surface area contributed by atoms with E-state index >= 15 is 0 Å². The van der Waals surface area contributed by atoms with Gasteiger partial charge < -0.3 is 9.30 Å². The highest BCUT2D eigenvalue weighted by Crippen LogP contribution is 2.39. The van der Waals surface area contributed by atoms with Gasteiger partial charge in [-0.25, -0.2) is 26.7 Å². The van der Waals surface area contributed by atoms with Crippen LogP contribution in [0.3, 0.4) is 0 Å². The highest BCUT2D eigenvalue weighted by molar-refractivity contribution is 7.89. The quantitative estimate of drug-likeness (QED) is 0.545. The van der Waals surface area contributed by atoms with Crippen LogP contribution in [0, 0.1) is 12.8 Å². The zero-order valence-electron chi connectivity index (χ0n) is 20.1. The fourth-order valence-electron chi connectivity index (χ4n) is 5.00. The van der Waals surface area contributed by atoms with Crippen molar-refractivity contribution in [2.75, 3.05) is 13.2 Å². The smallest absolute Gasteiger partial charge is 0.377 e. The Labute approximate surface area is 209 Å². The molecule has 36 heavy (non-hydrogen) atoms. The number of halogens is 3. The number of sulfonamides is 2. The third-order valence-electron chi connectivity index (χ3n) is 6.88. The zero-order valence-corrected chi connectivity index (χ0v) is 21.7. The molecule has 2 aromatic rings. The summed E-state index contributed by atoms with van der Waals surface area (Å²) in [5.74, 6) is 0.244. The maximum atomic E-state index is 14.1. The minimum Gasteiger partial charge on any atom is -0.377 e. The number of aromatic nitrogens is 1. The topological polar surface area (TPSA) is 120 Å². The Morgan fingerprint density at radius 3 is 2.25 bits per heavy atom. The van der Waals surface area contributed by atoms with Crippen LogP contribution < -0.4 is 9.86 Å². The summed E-state index contributed by atoms with van der Waals surface area (Å²) in [7, 11) is -8.65. The van der Waals surface area contributed by atoms with Gasteiger partial charge in [-0.3, -0.25) is 0 Å². The van der Waals surface area contributed by atoms with Crippen molar-refractivity contribution < 1.29 is 34.7 Å². The second-order valence-corrected chi connectivity index (χ2v) is 13.2. The number of hydrogen-bond donors (Lipinski definition) is 2. The molecule has 1 aliphatic carbocycles. The van der Waals surface area contributed by atoms with E-state index in [0.29, 0.717) is 12.2 Å². The van der Waals surface area contributed by atoms with Crippen molar-refractivity contribution in [1.29, 1.82) is 0 Å². The Balaban J connectivity index is 1.83. The molecule has 0 spiro atoms. The lowest BCUT2D eigenvalue weighted by Crippen LogP contribution is -2.59. The SMILES string of the molecule is Cc1c(S(N)(=O)=O)cc(-c2ccc(S(=O)(=O)NC3(C)COC3)c(C(F)(F)F)c2)n1CC1CCCCC1. The van der Waals surface area contributed by atoms with Gasteiger partial charge in [0.05, 0.1) is 29.2 Å². The number of nitrogens with zero attached hydrogens (tertiary/aromatic N) is 1. The maximum absolute atomic E-state index is 14.1. The van der Waals surface area contributed by atoms with Crippen LogP contribution in [-0.2, 0) is 37.5 Å². The number of alkyl halides is 3. The van der Waals surface area contributed by atoms with Gasteiger partial charge in [-0.1, -0.05) is 25.3 Å². The fraction of sp³-hybridized carbons (Fsp3) is 0.565. The molecule has 2 fully saturated rings. The zero-order chi connectivity index (χ0) is 26.5. The first-order chi connectivity index (χ1) is 16.6. The molecule has 2 heterocycles. The lowest BCUT2D eigenvalue weighted by molar-refractivity contribution is -0.139. The lowest BCUT2D eigenvalue weighted by atomic mass is 9.89. The third-order valence-corrected chi connectivity index (χ3v) is 9.61. The summed E-state index contributed by atoms with van der Waals surface area (Å²) in [5.41, 5.74) is -1.70. The number of hydrogen-bond acceptors (Lipinski definition) is 5. The molecule has 0 radical (unpaired) electrons. The lowest BCUT2D eigenvalue weighted by Gasteiger charge is -2.38. The van der Waals surface area contributed by atoms with Crippen LogP contribution in [0.25, 0.3) is 11.3 Å². The summed E-state index contributed by atoms with van der Waals surface area (Å²) in [6.07, 6.45) is 0.0618. The first-order valence-corrected chi connectivity index (χ1v) is 14.7. The van der Waals surface area contributed by atoms with Crippen molar-refractivity contribution in [2.24, 2.45) is 11.1 Å². The summed E-state index contributed by atoms with van der Waals surface area (Å²) in [6, 6.07) is 4.20. The van der Waals surface area contributed by atoms with Crippen LogP contribution in [0.4, 0.5) is 13.2 Å². The standard InChI is InChI=1S/C23H30F3N3O5S2/c1-15-21(35(27,30)31)11-19(29(15)12-16-6-4-3-5-7-16)17-8-9-20(18(10-17)23(24,25)26)36(32,33)28-22(2)13-34-14-22/h8-11,16,28H,3-7,12-14H2,1-2H3,(H2,27,30,31). The van der Waals surface area contributed by atoms with E-state index in [2.05, 4.69) is 4.72 Å². The highest BCUT2D eigenvalue weighted by atomic mass is 32.2. The molecule has 200 valence electrons. The van der Waals surface area contributed by atoms with E-state index < -0.39 is 42.2 Å². The van der Waals surface area contributed by atoms with Crippen molar-refractivity contribution >= 4 is 20.0 Å². The number of ether oxygens (including phenoxy) is 1. The molecule has 1 aromatic heterocycles. The largest absolute Gasteiger partial charge is 0.417 e. The summed E-state index contributed by atoms with van der Waals surface area (Å²) in [4.78, 5) is -1.07. The Hall–Kier alpha value is -1.93. The van der Waals surface area contributed by atoms with Crippen LogP contribution in [0.15, 0.2) is 34.1 Å². The minimum atomic E-state index is -4.98. The van der Waals surface area contributed by atoms with Crippen LogP contribution in [0.1, 0.15) is 50.3 Å². The van der Waals surface area contributed by atoms with Crippen LogP contribution in [-0.4, -0.2) is 40.2 Å². The van der Waals surface area contributed by atoms with Crippen molar-refractivity contribution in [1.82, 2.24) is 9.29 Å². The molecule has 0 bridgehead atoms. The molecule has 1 aliphatic heterocycles. The van der Waals surface area contributed by atoms with E-state index in [1.54, 1.807) is 18.4 Å². The third kappa shape index (κ3) is 5.49. The van der Waals surface area contributed by atoms with Gasteiger partial charge in [-0.2, -0.15) is 13.2 Å². The first-order valence-electron chi connectivity index (χ1n) is 11.7. The molecule has 8 nitrogen and oxygen atoms in total. The van der Waals surface area contributed by atoms with Gasteiger partial charge in [0.15, 0.2) is 0 Å². The second-order valence-electron chi connectivity index (χ2n) is 10.0. The van der Waals surface area contributed by atoms with Gasteiger partial charge in [0.2, 0.25) is 20.0 Å². The van der Waals surface area contributed by atoms with Gasteiger partial charge in [0.1, 0.15) is 4.90 Å². The normalized spacial score (nSPS) is 19.3. The molecule has 2 aliphatic rings. The fourth-order valence-corrected chi connectivity index (χ4v) is 7.39. The molecule has 0 amide bonds. The molecule has 13 heteroatoms. The summed E-state index contributed by atoms with van der Waals surface area (Å²) in [5, 5.41) is 5.39. The van der Waals surface area contributed by atoms with E-state index in [9.17, 15) is 30.0 Å².